The maximum Gasteiger partial charge on any atom is 0.128 e. The number of benzene rings is 1. The van der Waals surface area contributed by atoms with E-state index in [1.807, 2.05) is 38.2 Å². The summed E-state index contributed by atoms with van der Waals surface area (Å²) in [7, 11) is 0. The van der Waals surface area contributed by atoms with Crippen molar-refractivity contribution in [2.45, 2.75) is 25.8 Å². The molecule has 1 atom stereocenters. The first-order chi connectivity index (χ1) is 9.56. The van der Waals surface area contributed by atoms with Crippen LogP contribution in [0.15, 0.2) is 24.4 Å². The number of rotatable bonds is 3. The van der Waals surface area contributed by atoms with Crippen molar-refractivity contribution < 1.29 is 0 Å². The Morgan fingerprint density at radius 3 is 2.85 bits per heavy atom. The van der Waals surface area contributed by atoms with Crippen LogP contribution in [-0.2, 0) is 6.54 Å². The maximum atomic E-state index is 6.34. The normalized spacial score (nSPS) is 13.0. The summed E-state index contributed by atoms with van der Waals surface area (Å²) in [6.07, 6.45) is 1.89. The van der Waals surface area contributed by atoms with Gasteiger partial charge >= 0.3 is 0 Å². The highest BCUT2D eigenvalue weighted by Gasteiger charge is 2.17. The number of aromatic nitrogens is 3. The summed E-state index contributed by atoms with van der Waals surface area (Å²) in [5, 5.41) is 1.57. The molecule has 1 aromatic carbocycles. The Labute approximate surface area is 131 Å². The average molecular weight is 326 g/mol. The molecule has 0 spiro atoms. The third-order valence-corrected chi connectivity index (χ3v) is 4.48. The Balaban J connectivity index is 2.18. The summed E-state index contributed by atoms with van der Waals surface area (Å²) in [6, 6.07) is 5.74. The van der Waals surface area contributed by atoms with Crippen molar-refractivity contribution in [2.24, 2.45) is 0 Å². The van der Waals surface area contributed by atoms with Crippen LogP contribution in [0.1, 0.15) is 28.0 Å². The molecule has 2 heterocycles. The first-order valence-electron chi connectivity index (χ1n) is 6.26. The highest BCUT2D eigenvalue weighted by molar-refractivity contribution is 7.11. The molecule has 0 bridgehead atoms. The van der Waals surface area contributed by atoms with Crippen molar-refractivity contribution >= 4 is 45.6 Å². The molecular weight excluding hydrogens is 313 g/mol. The lowest BCUT2D eigenvalue weighted by Gasteiger charge is -2.09. The van der Waals surface area contributed by atoms with Gasteiger partial charge in [0, 0.05) is 11.1 Å². The molecule has 0 radical (unpaired) electrons. The lowest BCUT2D eigenvalue weighted by molar-refractivity contribution is 0.749. The minimum Gasteiger partial charge on any atom is -0.320 e. The molecule has 20 heavy (non-hydrogen) atoms. The number of hydrogen-bond donors (Lipinski definition) is 0. The molecule has 2 aromatic heterocycles. The number of imidazole rings is 1. The number of alkyl halides is 1. The summed E-state index contributed by atoms with van der Waals surface area (Å²) in [6.45, 7) is 4.61. The summed E-state index contributed by atoms with van der Waals surface area (Å²) < 4.78 is 2.09. The van der Waals surface area contributed by atoms with Crippen molar-refractivity contribution in [1.29, 1.82) is 0 Å². The van der Waals surface area contributed by atoms with E-state index in [0.29, 0.717) is 11.6 Å². The average Bonchev–Trinajstić information content (AvgIpc) is 2.95. The van der Waals surface area contributed by atoms with Gasteiger partial charge in [-0.3, -0.25) is 0 Å². The van der Waals surface area contributed by atoms with E-state index in [4.69, 9.17) is 23.2 Å². The minimum atomic E-state index is -0.174. The number of para-hydroxylation sites is 1. The Bertz CT molecular complexity index is 761. The minimum absolute atomic E-state index is 0.174. The predicted octanol–water partition coefficient (Wildman–Crippen LogP) is 4.80. The molecule has 0 saturated heterocycles. The SMILES string of the molecule is Cc1ncc(Cn2c(C(C)Cl)nc3cccc(Cl)c32)s1. The molecule has 0 aliphatic heterocycles. The molecule has 0 N–H and O–H groups in total. The summed E-state index contributed by atoms with van der Waals surface area (Å²) in [5.74, 6) is 0.834. The maximum absolute atomic E-state index is 6.34. The molecular formula is C14H13Cl2N3S. The van der Waals surface area contributed by atoms with Gasteiger partial charge < -0.3 is 4.57 Å². The van der Waals surface area contributed by atoms with Gasteiger partial charge in [-0.15, -0.1) is 22.9 Å². The molecule has 1 unspecified atom stereocenters. The van der Waals surface area contributed by atoms with Gasteiger partial charge in [0.2, 0.25) is 0 Å². The molecule has 0 aliphatic rings. The fourth-order valence-electron chi connectivity index (χ4n) is 2.26. The first kappa shape index (κ1) is 13.9. The van der Waals surface area contributed by atoms with Crippen molar-refractivity contribution in [1.82, 2.24) is 14.5 Å². The molecule has 0 aliphatic carbocycles. The third-order valence-electron chi connectivity index (χ3n) is 3.09. The fraction of sp³-hybridized carbons (Fsp3) is 0.286. The molecule has 3 aromatic rings. The lowest BCUT2D eigenvalue weighted by Crippen LogP contribution is -2.05. The Kier molecular flexibility index (Phi) is 3.71. The number of hydrogen-bond acceptors (Lipinski definition) is 3. The summed E-state index contributed by atoms with van der Waals surface area (Å²) in [4.78, 5) is 10.1. The quantitative estimate of drug-likeness (QED) is 0.647. The van der Waals surface area contributed by atoms with Crippen LogP contribution >= 0.6 is 34.5 Å². The molecule has 104 valence electrons. The third kappa shape index (κ3) is 2.43. The number of halogens is 2. The second-order valence-electron chi connectivity index (χ2n) is 4.63. The lowest BCUT2D eigenvalue weighted by atomic mass is 10.3. The van der Waals surface area contributed by atoms with E-state index in [2.05, 4.69) is 14.5 Å². The van der Waals surface area contributed by atoms with Crippen LogP contribution in [0.4, 0.5) is 0 Å². The van der Waals surface area contributed by atoms with Crippen molar-refractivity contribution in [3.05, 3.63) is 45.1 Å². The van der Waals surface area contributed by atoms with Crippen molar-refractivity contribution in [3.63, 3.8) is 0 Å². The topological polar surface area (TPSA) is 30.7 Å². The van der Waals surface area contributed by atoms with Gasteiger partial charge in [0.1, 0.15) is 5.82 Å². The highest BCUT2D eigenvalue weighted by Crippen LogP contribution is 2.30. The van der Waals surface area contributed by atoms with Gasteiger partial charge in [-0.25, -0.2) is 9.97 Å². The Morgan fingerprint density at radius 1 is 1.40 bits per heavy atom. The van der Waals surface area contributed by atoms with Crippen LogP contribution in [0, 0.1) is 6.92 Å². The second-order valence-corrected chi connectivity index (χ2v) is 7.01. The fourth-order valence-corrected chi connectivity index (χ4v) is 3.48. The van der Waals surface area contributed by atoms with Crippen LogP contribution in [0.25, 0.3) is 11.0 Å². The smallest absolute Gasteiger partial charge is 0.128 e. The van der Waals surface area contributed by atoms with E-state index in [1.165, 1.54) is 4.88 Å². The van der Waals surface area contributed by atoms with Crippen LogP contribution in [-0.4, -0.2) is 14.5 Å². The monoisotopic (exact) mass is 325 g/mol. The van der Waals surface area contributed by atoms with Crippen molar-refractivity contribution in [2.75, 3.05) is 0 Å². The van der Waals surface area contributed by atoms with E-state index in [-0.39, 0.29) is 5.38 Å². The molecule has 0 amide bonds. The first-order valence-corrected chi connectivity index (χ1v) is 7.89. The molecule has 3 rings (SSSR count). The highest BCUT2D eigenvalue weighted by atomic mass is 35.5. The molecule has 6 heteroatoms. The van der Waals surface area contributed by atoms with Gasteiger partial charge in [0.15, 0.2) is 0 Å². The second kappa shape index (κ2) is 5.35. The summed E-state index contributed by atoms with van der Waals surface area (Å²) in [5.41, 5.74) is 1.81. The van der Waals surface area contributed by atoms with Gasteiger partial charge in [-0.1, -0.05) is 17.7 Å². The van der Waals surface area contributed by atoms with Gasteiger partial charge in [-0.05, 0) is 26.0 Å². The zero-order valence-corrected chi connectivity index (χ0v) is 13.4. The summed E-state index contributed by atoms with van der Waals surface area (Å²) >= 11 is 14.3. The molecule has 0 saturated carbocycles. The van der Waals surface area contributed by atoms with Crippen LogP contribution < -0.4 is 0 Å². The zero-order chi connectivity index (χ0) is 14.3. The van der Waals surface area contributed by atoms with E-state index >= 15 is 0 Å². The van der Waals surface area contributed by atoms with Gasteiger partial charge in [0.25, 0.3) is 0 Å². The predicted molar refractivity (Wildman–Crippen MR) is 85.0 cm³/mol. The molecule has 3 nitrogen and oxygen atoms in total. The zero-order valence-electron chi connectivity index (χ0n) is 11.1. The number of fused-ring (bicyclic) bond motifs is 1. The van der Waals surface area contributed by atoms with Crippen LogP contribution in [0.2, 0.25) is 5.02 Å². The number of nitrogens with zero attached hydrogens (tertiary/aromatic N) is 3. The Hall–Kier alpha value is -1.10. The van der Waals surface area contributed by atoms with E-state index < -0.39 is 0 Å². The molecule has 0 fully saturated rings. The van der Waals surface area contributed by atoms with Gasteiger partial charge in [0.05, 0.1) is 33.0 Å². The largest absolute Gasteiger partial charge is 0.320 e. The van der Waals surface area contributed by atoms with E-state index in [0.717, 1.165) is 21.9 Å². The van der Waals surface area contributed by atoms with Crippen molar-refractivity contribution in [3.8, 4) is 0 Å². The number of thiazole rings is 1. The van der Waals surface area contributed by atoms with Gasteiger partial charge in [-0.2, -0.15) is 0 Å². The van der Waals surface area contributed by atoms with Crippen LogP contribution in [0.3, 0.4) is 0 Å². The van der Waals surface area contributed by atoms with E-state index in [1.54, 1.807) is 11.3 Å². The number of aryl methyl sites for hydroxylation is 1. The Morgan fingerprint density at radius 2 is 2.20 bits per heavy atom. The van der Waals surface area contributed by atoms with Crippen LogP contribution in [0.5, 0.6) is 0 Å². The van der Waals surface area contributed by atoms with E-state index in [9.17, 15) is 0 Å². The standard InChI is InChI=1S/C14H13Cl2N3S/c1-8(15)14-18-12-5-3-4-11(16)13(12)19(14)7-10-6-17-9(2)20-10/h3-6,8H,7H2,1-2H3.